The highest BCUT2D eigenvalue weighted by Gasteiger charge is 2.03. The van der Waals surface area contributed by atoms with Gasteiger partial charge in [0.15, 0.2) is 0 Å². The molecule has 0 aliphatic carbocycles. The van der Waals surface area contributed by atoms with E-state index in [1.165, 1.54) is 5.56 Å². The van der Waals surface area contributed by atoms with E-state index in [-0.39, 0.29) is 0 Å². The Hall–Kier alpha value is -0.850. The van der Waals surface area contributed by atoms with Crippen LogP contribution in [0.4, 0.5) is 0 Å². The average Bonchev–Trinajstić information content (AvgIpc) is 1.59. The number of hydrogen-bond acceptors (Lipinski definition) is 0. The second-order valence-electron chi connectivity index (χ2n) is 2.36. The lowest BCUT2D eigenvalue weighted by atomic mass is 10.8. The summed E-state index contributed by atoms with van der Waals surface area (Å²) in [7, 11) is 0. The van der Waals surface area contributed by atoms with Crippen LogP contribution in [0.15, 0.2) is 16.5 Å². The Morgan fingerprint density at radius 2 is 1.44 bits per heavy atom. The quantitative estimate of drug-likeness (QED) is 0.386. The molecule has 0 aliphatic heterocycles. The van der Waals surface area contributed by atoms with Gasteiger partial charge in [0, 0.05) is 12.1 Å². The van der Waals surface area contributed by atoms with Crippen LogP contribution in [0.25, 0.3) is 0 Å². The van der Waals surface area contributed by atoms with E-state index in [4.69, 9.17) is 4.42 Å². The summed E-state index contributed by atoms with van der Waals surface area (Å²) in [6.07, 6.45) is 0. The van der Waals surface area contributed by atoms with Crippen LogP contribution in [0.1, 0.15) is 17.1 Å². The van der Waals surface area contributed by atoms with Crippen LogP contribution in [0.2, 0.25) is 0 Å². The van der Waals surface area contributed by atoms with Crippen molar-refractivity contribution >= 4 is 0 Å². The molecule has 1 heteroatoms. The molecule has 1 aromatic rings. The molecule has 0 unspecified atom stereocenters. The van der Waals surface area contributed by atoms with E-state index in [2.05, 4.69) is 6.92 Å². The zero-order chi connectivity index (χ0) is 6.85. The monoisotopic (exact) mass is 128 g/mol. The van der Waals surface area contributed by atoms with Gasteiger partial charge in [-0.3, -0.25) is 0 Å². The molecule has 1 aromatic heterocycles. The zero-order valence-electron chi connectivity index (χ0n) is 6.06. The van der Waals surface area contributed by atoms with Gasteiger partial charge in [-0.25, -0.2) is 4.42 Å². The van der Waals surface area contributed by atoms with Gasteiger partial charge in [0.05, 0.1) is 13.8 Å². The van der Waals surface area contributed by atoms with Crippen molar-refractivity contribution in [2.75, 3.05) is 0 Å². The fraction of sp³-hybridized carbons (Fsp3) is 0.375. The summed E-state index contributed by atoms with van der Waals surface area (Å²) >= 11 is 0. The highest BCUT2D eigenvalue weighted by molar-refractivity contribution is 5.14. The summed E-state index contributed by atoms with van der Waals surface area (Å²) in [6.45, 7) is 5.98. The molecule has 0 bridgehead atoms. The van der Waals surface area contributed by atoms with E-state index in [1.54, 1.807) is 0 Å². The largest absolute Gasteiger partial charge is 0.326 e. The molecule has 1 rings (SSSR count). The van der Waals surface area contributed by atoms with Crippen LogP contribution < -0.4 is 0 Å². The molecular weight excluding hydrogens is 117 g/mol. The van der Waals surface area contributed by atoms with Crippen LogP contribution in [-0.2, 0) is 0 Å². The third-order valence-corrected chi connectivity index (χ3v) is 1.18. The Labute approximate surface area is 55.3 Å². The fourth-order valence-electron chi connectivity index (χ4n) is 0.996. The van der Waals surface area contributed by atoms with E-state index >= 15 is 0 Å². The predicted molar refractivity (Wildman–Crippen MR) is 37.3 cm³/mol. The van der Waals surface area contributed by atoms with Crippen LogP contribution in [0.3, 0.4) is 0 Å². The summed E-state index contributed by atoms with van der Waals surface area (Å²) in [6, 6.07) is 4.04. The topological polar surface area (TPSA) is 11.3 Å². The first-order chi connectivity index (χ1) is 4.18. The molecule has 0 aliphatic rings. The maximum Gasteiger partial charge on any atom is 0.326 e. The Morgan fingerprint density at radius 3 is 1.78 bits per heavy atom. The molecule has 0 N–H and O–H groups in total. The summed E-state index contributed by atoms with van der Waals surface area (Å²) in [5.41, 5.74) is 1.26. The van der Waals surface area contributed by atoms with E-state index in [1.807, 2.05) is 26.0 Å². The molecule has 0 fully saturated rings. The maximum absolute atomic E-state index is 5.26. The first-order valence-corrected chi connectivity index (χ1v) is 3.06. The molecule has 0 saturated carbocycles. The van der Waals surface area contributed by atoms with Crippen LogP contribution in [0.5, 0.6) is 0 Å². The SMILES string of the molecule is C[13c]1[13cH]c([13CH3])[13cH][13c](C)[o+]1. The molecular formula is C8H11O+. The second-order valence-corrected chi connectivity index (χ2v) is 2.36. The molecule has 0 spiro atoms. The highest BCUT2D eigenvalue weighted by atomic mass is 16.4. The third kappa shape index (κ3) is 1.53. The minimum absolute atomic E-state index is 0.979. The standard InChI is InChI=1S/C8H11O/c1-6-4-7(2)9-8(3)5-6/h4-5H,1-3H3/q+1/i1+1,4+1,5+1,7+1,8+1. The van der Waals surface area contributed by atoms with Crippen molar-refractivity contribution in [3.63, 3.8) is 0 Å². The molecule has 0 aromatic carbocycles. The minimum Gasteiger partial charge on any atom is -0.218 e. The molecule has 9 heavy (non-hydrogen) atoms. The Balaban J connectivity index is 3.17. The van der Waals surface area contributed by atoms with Gasteiger partial charge in [-0.1, -0.05) is 0 Å². The predicted octanol–water partition coefficient (Wildman–Crippen LogP) is 2.49. The van der Waals surface area contributed by atoms with Crippen molar-refractivity contribution < 1.29 is 4.42 Å². The third-order valence-electron chi connectivity index (χ3n) is 1.18. The molecule has 1 nitrogen and oxygen atoms in total. The first kappa shape index (κ1) is 6.27. The number of hydrogen-bond donors (Lipinski definition) is 0. The fourth-order valence-corrected chi connectivity index (χ4v) is 0.996. The number of rotatable bonds is 0. The van der Waals surface area contributed by atoms with Gasteiger partial charge in [-0.05, 0) is 12.5 Å². The van der Waals surface area contributed by atoms with Gasteiger partial charge in [0.2, 0.25) is 0 Å². The van der Waals surface area contributed by atoms with Crippen molar-refractivity contribution in [3.05, 3.63) is 29.2 Å². The van der Waals surface area contributed by atoms with Gasteiger partial charge < -0.3 is 0 Å². The Kier molecular flexibility index (Phi) is 1.52. The highest BCUT2D eigenvalue weighted by Crippen LogP contribution is 2.06. The summed E-state index contributed by atoms with van der Waals surface area (Å²) in [4.78, 5) is 0. The normalized spacial score (nSPS) is 9.67. The summed E-state index contributed by atoms with van der Waals surface area (Å²) in [5.74, 6) is 1.96. The molecule has 0 amide bonds. The van der Waals surface area contributed by atoms with Gasteiger partial charge in [-0.2, -0.15) is 0 Å². The summed E-state index contributed by atoms with van der Waals surface area (Å²) in [5, 5.41) is 0. The maximum atomic E-state index is 5.26. The lowest BCUT2D eigenvalue weighted by Crippen LogP contribution is -1.78. The van der Waals surface area contributed by atoms with Crippen LogP contribution in [0, 0.1) is 20.8 Å². The van der Waals surface area contributed by atoms with Crippen LogP contribution in [-0.4, -0.2) is 0 Å². The molecule has 0 atom stereocenters. The van der Waals surface area contributed by atoms with Crippen molar-refractivity contribution in [2.24, 2.45) is 0 Å². The lowest BCUT2D eigenvalue weighted by Gasteiger charge is -1.84. The average molecular weight is 128 g/mol. The van der Waals surface area contributed by atoms with Crippen molar-refractivity contribution in [2.45, 2.75) is 20.8 Å². The molecule has 0 radical (unpaired) electrons. The van der Waals surface area contributed by atoms with Crippen molar-refractivity contribution in [1.82, 2.24) is 0 Å². The van der Waals surface area contributed by atoms with Gasteiger partial charge >= 0.3 is 11.5 Å². The van der Waals surface area contributed by atoms with Gasteiger partial charge in [0.25, 0.3) is 0 Å². The Morgan fingerprint density at radius 1 is 1.00 bits per heavy atom. The van der Waals surface area contributed by atoms with E-state index in [0.29, 0.717) is 0 Å². The smallest absolute Gasteiger partial charge is 0.218 e. The van der Waals surface area contributed by atoms with Gasteiger partial charge in [0.1, 0.15) is 0 Å². The summed E-state index contributed by atoms with van der Waals surface area (Å²) < 4.78 is 5.26. The first-order valence-electron chi connectivity index (χ1n) is 3.06. The lowest BCUT2D eigenvalue weighted by molar-refractivity contribution is 0.484. The minimum atomic E-state index is 0.979. The van der Waals surface area contributed by atoms with Crippen LogP contribution >= 0.6 is 0 Å². The van der Waals surface area contributed by atoms with E-state index in [0.717, 1.165) is 11.5 Å². The van der Waals surface area contributed by atoms with Crippen molar-refractivity contribution in [1.29, 1.82) is 0 Å². The molecule has 1 heterocycles. The van der Waals surface area contributed by atoms with E-state index < -0.39 is 0 Å². The second kappa shape index (κ2) is 2.18. The molecule has 0 saturated heterocycles. The Bertz CT molecular complexity index is 165. The molecule has 48 valence electrons. The van der Waals surface area contributed by atoms with E-state index in [9.17, 15) is 0 Å². The zero-order valence-corrected chi connectivity index (χ0v) is 6.06. The number of aryl methyl sites for hydroxylation is 3. The van der Waals surface area contributed by atoms with Crippen molar-refractivity contribution in [3.8, 4) is 0 Å². The van der Waals surface area contributed by atoms with Gasteiger partial charge in [-0.15, -0.1) is 0 Å².